The Morgan fingerprint density at radius 1 is 0.933 bits per heavy atom. The first kappa shape index (κ1) is 14.9. The maximum absolute atomic E-state index is 10.8. The molecule has 0 N–H and O–H groups in total. The normalized spacial score (nSPS) is 10.3. The number of hydrogen-bond acceptors (Lipinski definition) is 2. The van der Waals surface area contributed by atoms with Crippen LogP contribution in [0.15, 0.2) is 0 Å². The fourth-order valence-corrected chi connectivity index (χ4v) is 1.76. The van der Waals surface area contributed by atoms with E-state index in [-0.39, 0.29) is 5.97 Å². The Morgan fingerprint density at radius 2 is 1.40 bits per heavy atom. The van der Waals surface area contributed by atoms with Gasteiger partial charge in [-0.1, -0.05) is 58.3 Å². The Morgan fingerprint density at radius 3 is 1.87 bits per heavy atom. The van der Waals surface area contributed by atoms with Crippen molar-refractivity contribution in [3.8, 4) is 0 Å². The summed E-state index contributed by atoms with van der Waals surface area (Å²) in [6.45, 7) is 2.24. The minimum Gasteiger partial charge on any atom is -0.452 e. The molecule has 0 aliphatic carbocycles. The topological polar surface area (TPSA) is 26.3 Å². The molecule has 1 unspecified atom stereocenters. The summed E-state index contributed by atoms with van der Waals surface area (Å²) in [5, 5.41) is 0. The lowest BCUT2D eigenvalue weighted by Gasteiger charge is -2.01. The monoisotopic (exact) mass is 232 g/mol. The van der Waals surface area contributed by atoms with Gasteiger partial charge in [-0.15, -0.1) is 0 Å². The van der Waals surface area contributed by atoms with Crippen molar-refractivity contribution in [1.82, 2.24) is 0 Å². The Kier molecular flexibility index (Phi) is 11.9. The van der Waals surface area contributed by atoms with Gasteiger partial charge in [-0.3, -0.25) is 4.79 Å². The largest absolute Gasteiger partial charge is 0.452 e. The van der Waals surface area contributed by atoms with E-state index in [0.29, 0.717) is 6.42 Å². The van der Waals surface area contributed by atoms with Crippen molar-refractivity contribution >= 4 is 15.4 Å². The predicted molar refractivity (Wildman–Crippen MR) is 67.6 cm³/mol. The lowest BCUT2D eigenvalue weighted by Crippen LogP contribution is -1.95. The van der Waals surface area contributed by atoms with Gasteiger partial charge in [0, 0.05) is 6.42 Å². The van der Waals surface area contributed by atoms with E-state index in [9.17, 15) is 4.79 Å². The summed E-state index contributed by atoms with van der Waals surface area (Å²) in [5.74, 6) is -0.108. The van der Waals surface area contributed by atoms with Crippen molar-refractivity contribution in [3.63, 3.8) is 0 Å². The molecule has 0 heterocycles. The van der Waals surface area contributed by atoms with Crippen molar-refractivity contribution in [1.29, 1.82) is 0 Å². The summed E-state index contributed by atoms with van der Waals surface area (Å²) >= 11 is 0. The maximum atomic E-state index is 10.8. The van der Waals surface area contributed by atoms with Crippen LogP contribution in [0.5, 0.6) is 0 Å². The van der Waals surface area contributed by atoms with Crippen molar-refractivity contribution in [2.75, 3.05) is 0 Å². The summed E-state index contributed by atoms with van der Waals surface area (Å²) in [7, 11) is 2.00. The highest BCUT2D eigenvalue weighted by atomic mass is 31.0. The van der Waals surface area contributed by atoms with Gasteiger partial charge in [-0.2, -0.15) is 0 Å². The van der Waals surface area contributed by atoms with Gasteiger partial charge in [0.25, 0.3) is 0 Å². The van der Waals surface area contributed by atoms with Crippen LogP contribution in [-0.2, 0) is 9.32 Å². The van der Waals surface area contributed by atoms with Gasteiger partial charge in [0.1, 0.15) is 0 Å². The van der Waals surface area contributed by atoms with Crippen molar-refractivity contribution in [3.05, 3.63) is 0 Å². The average Bonchev–Trinajstić information content (AvgIpc) is 2.26. The van der Waals surface area contributed by atoms with E-state index in [1.165, 1.54) is 44.9 Å². The molecule has 3 heteroatoms. The van der Waals surface area contributed by atoms with Crippen LogP contribution in [0, 0.1) is 0 Å². The van der Waals surface area contributed by atoms with E-state index in [0.717, 1.165) is 12.8 Å². The summed E-state index contributed by atoms with van der Waals surface area (Å²) in [5.41, 5.74) is 0. The average molecular weight is 232 g/mol. The summed E-state index contributed by atoms with van der Waals surface area (Å²) in [6, 6.07) is 0. The zero-order valence-electron chi connectivity index (χ0n) is 9.96. The second kappa shape index (κ2) is 12.0. The molecule has 0 aliphatic heterocycles. The minimum atomic E-state index is -0.108. The molecule has 0 spiro atoms. The molecule has 0 aromatic carbocycles. The minimum absolute atomic E-state index is 0.108. The van der Waals surface area contributed by atoms with E-state index in [1.54, 1.807) is 0 Å². The van der Waals surface area contributed by atoms with Gasteiger partial charge in [-0.05, 0) is 6.42 Å². The van der Waals surface area contributed by atoms with E-state index >= 15 is 0 Å². The van der Waals surface area contributed by atoms with Gasteiger partial charge >= 0.3 is 5.97 Å². The quantitative estimate of drug-likeness (QED) is 0.416. The highest BCUT2D eigenvalue weighted by Gasteiger charge is 1.98. The third-order valence-electron chi connectivity index (χ3n) is 2.62. The first-order valence-electron chi connectivity index (χ1n) is 6.20. The zero-order valence-corrected chi connectivity index (χ0v) is 11.1. The van der Waals surface area contributed by atoms with Crippen LogP contribution in [0.4, 0.5) is 0 Å². The summed E-state index contributed by atoms with van der Waals surface area (Å²) < 4.78 is 4.50. The first-order chi connectivity index (χ1) is 7.31. The van der Waals surface area contributed by atoms with Crippen LogP contribution in [0.3, 0.4) is 0 Å². The van der Waals surface area contributed by atoms with Crippen molar-refractivity contribution < 1.29 is 9.32 Å². The maximum Gasteiger partial charge on any atom is 0.307 e. The van der Waals surface area contributed by atoms with E-state index in [4.69, 9.17) is 0 Å². The second-order valence-electron chi connectivity index (χ2n) is 4.07. The Hall–Kier alpha value is -0.100. The number of hydrogen-bond donors (Lipinski definition) is 0. The molecule has 0 saturated heterocycles. The summed E-state index contributed by atoms with van der Waals surface area (Å²) in [6.07, 6.45) is 12.1. The number of carbonyl (C=O) groups excluding carboxylic acids is 1. The lowest BCUT2D eigenvalue weighted by molar-refractivity contribution is -0.133. The van der Waals surface area contributed by atoms with Crippen LogP contribution in [0.25, 0.3) is 0 Å². The van der Waals surface area contributed by atoms with Gasteiger partial charge in [0.05, 0.1) is 9.47 Å². The lowest BCUT2D eigenvalue weighted by atomic mass is 10.1. The van der Waals surface area contributed by atoms with Gasteiger partial charge in [0.2, 0.25) is 0 Å². The fraction of sp³-hybridized carbons (Fsp3) is 0.917. The Bertz CT molecular complexity index is 149. The van der Waals surface area contributed by atoms with E-state index < -0.39 is 0 Å². The highest BCUT2D eigenvalue weighted by Crippen LogP contribution is 2.10. The molecule has 0 amide bonds. The second-order valence-corrected chi connectivity index (χ2v) is 4.30. The molecule has 0 bridgehead atoms. The van der Waals surface area contributed by atoms with E-state index in [2.05, 4.69) is 11.4 Å². The predicted octanol–water partition coefficient (Wildman–Crippen LogP) is 4.24. The molecular formula is C12H25O2P. The molecule has 0 aromatic heterocycles. The van der Waals surface area contributed by atoms with Crippen LogP contribution in [-0.4, -0.2) is 5.97 Å². The van der Waals surface area contributed by atoms with Crippen molar-refractivity contribution in [2.45, 2.75) is 71.1 Å². The van der Waals surface area contributed by atoms with Gasteiger partial charge < -0.3 is 4.52 Å². The number of rotatable bonds is 10. The number of unbranched alkanes of at least 4 members (excludes halogenated alkanes) is 8. The smallest absolute Gasteiger partial charge is 0.307 e. The Balaban J connectivity index is 2.95. The van der Waals surface area contributed by atoms with E-state index in [1.807, 2.05) is 9.47 Å². The Labute approximate surface area is 96.4 Å². The highest BCUT2D eigenvalue weighted by molar-refractivity contribution is 7.10. The molecule has 0 radical (unpaired) electrons. The first-order valence-corrected chi connectivity index (χ1v) is 6.68. The molecule has 2 nitrogen and oxygen atoms in total. The van der Waals surface area contributed by atoms with Gasteiger partial charge in [0.15, 0.2) is 0 Å². The molecule has 1 atom stereocenters. The third kappa shape index (κ3) is 11.8. The molecule has 15 heavy (non-hydrogen) atoms. The van der Waals surface area contributed by atoms with Crippen LogP contribution >= 0.6 is 9.47 Å². The molecule has 0 aliphatic rings. The van der Waals surface area contributed by atoms with Crippen LogP contribution < -0.4 is 0 Å². The van der Waals surface area contributed by atoms with Crippen LogP contribution in [0.1, 0.15) is 71.1 Å². The molecule has 0 rings (SSSR count). The molecule has 0 aromatic rings. The SMILES string of the molecule is CCCCCCCCCCCC(=O)OP. The molecule has 0 saturated carbocycles. The van der Waals surface area contributed by atoms with Crippen molar-refractivity contribution in [2.24, 2.45) is 0 Å². The molecule has 90 valence electrons. The van der Waals surface area contributed by atoms with Gasteiger partial charge in [-0.25, -0.2) is 0 Å². The van der Waals surface area contributed by atoms with Crippen LogP contribution in [0.2, 0.25) is 0 Å². The zero-order chi connectivity index (χ0) is 11.4. The third-order valence-corrected chi connectivity index (χ3v) is 2.88. The standard InChI is InChI=1S/C12H25O2P/c1-2-3-4-5-6-7-8-9-10-11-12(13)14-15/h2-11,15H2,1H3. The molecule has 0 fully saturated rings. The fourth-order valence-electron chi connectivity index (χ4n) is 1.64. The molecular weight excluding hydrogens is 207 g/mol. The summed E-state index contributed by atoms with van der Waals surface area (Å²) in [4.78, 5) is 10.8. The number of carbonyl (C=O) groups is 1.